The van der Waals surface area contributed by atoms with E-state index in [1.807, 2.05) is 6.92 Å². The van der Waals surface area contributed by atoms with Crippen molar-refractivity contribution in [2.45, 2.75) is 33.4 Å². The fourth-order valence-corrected chi connectivity index (χ4v) is 1.28. The van der Waals surface area contributed by atoms with Crippen molar-refractivity contribution in [1.82, 2.24) is 20.5 Å². The van der Waals surface area contributed by atoms with E-state index in [4.69, 9.17) is 8.83 Å². The van der Waals surface area contributed by atoms with Gasteiger partial charge in [-0.1, -0.05) is 6.92 Å². The molecule has 2 heterocycles. The van der Waals surface area contributed by atoms with Crippen LogP contribution in [0.3, 0.4) is 0 Å². The molecule has 2 aromatic rings. The first-order valence-corrected chi connectivity index (χ1v) is 5.21. The molecule has 2 aromatic heterocycles. The second-order valence-electron chi connectivity index (χ2n) is 3.39. The Kier molecular flexibility index (Phi) is 3.31. The number of nitrogens with zero attached hydrogens (tertiary/aromatic N) is 3. The van der Waals surface area contributed by atoms with Crippen molar-refractivity contribution in [3.05, 3.63) is 29.6 Å². The first-order valence-electron chi connectivity index (χ1n) is 5.21. The lowest BCUT2D eigenvalue weighted by molar-refractivity contribution is 0.413. The summed E-state index contributed by atoms with van der Waals surface area (Å²) >= 11 is 0. The van der Waals surface area contributed by atoms with E-state index in [0.29, 0.717) is 30.8 Å². The third kappa shape index (κ3) is 2.66. The number of oxazole rings is 1. The topological polar surface area (TPSA) is 77.0 Å². The fourth-order valence-electron chi connectivity index (χ4n) is 1.28. The molecular formula is C10H14N4O2. The smallest absolute Gasteiger partial charge is 0.230 e. The Balaban J connectivity index is 1.79. The third-order valence-electron chi connectivity index (χ3n) is 2.07. The SMILES string of the molecule is CCc1cnc(CNCc2nnc(C)o2)o1. The summed E-state index contributed by atoms with van der Waals surface area (Å²) in [6.07, 6.45) is 2.60. The van der Waals surface area contributed by atoms with Gasteiger partial charge in [-0.05, 0) is 0 Å². The van der Waals surface area contributed by atoms with Crippen LogP contribution in [-0.4, -0.2) is 15.2 Å². The van der Waals surface area contributed by atoms with Gasteiger partial charge in [0.2, 0.25) is 17.7 Å². The highest BCUT2D eigenvalue weighted by molar-refractivity contribution is 4.93. The number of hydrogen-bond donors (Lipinski definition) is 1. The predicted octanol–water partition coefficient (Wildman–Crippen LogP) is 1.22. The zero-order chi connectivity index (χ0) is 11.4. The van der Waals surface area contributed by atoms with E-state index < -0.39 is 0 Å². The van der Waals surface area contributed by atoms with Gasteiger partial charge in [-0.2, -0.15) is 0 Å². The Labute approximate surface area is 93.1 Å². The minimum atomic E-state index is 0.519. The molecule has 0 radical (unpaired) electrons. The zero-order valence-electron chi connectivity index (χ0n) is 9.36. The van der Waals surface area contributed by atoms with E-state index in [9.17, 15) is 0 Å². The Morgan fingerprint density at radius 2 is 2.00 bits per heavy atom. The summed E-state index contributed by atoms with van der Waals surface area (Å²) in [6, 6.07) is 0. The van der Waals surface area contributed by atoms with E-state index in [-0.39, 0.29) is 0 Å². The number of aromatic nitrogens is 3. The van der Waals surface area contributed by atoms with Gasteiger partial charge < -0.3 is 14.2 Å². The standard InChI is InChI=1S/C10H14N4O2/c1-3-8-4-12-9(16-8)5-11-6-10-14-13-7(2)15-10/h4,11H,3,5-6H2,1-2H3. The number of nitrogens with one attached hydrogen (secondary N) is 1. The van der Waals surface area contributed by atoms with Gasteiger partial charge in [0.1, 0.15) is 5.76 Å². The van der Waals surface area contributed by atoms with E-state index in [1.165, 1.54) is 0 Å². The van der Waals surface area contributed by atoms with Gasteiger partial charge in [0.25, 0.3) is 0 Å². The molecule has 0 unspecified atom stereocenters. The van der Waals surface area contributed by atoms with Crippen LogP contribution in [0.2, 0.25) is 0 Å². The van der Waals surface area contributed by atoms with Crippen LogP contribution in [0.4, 0.5) is 0 Å². The van der Waals surface area contributed by atoms with Crippen molar-refractivity contribution in [2.75, 3.05) is 0 Å². The number of aryl methyl sites for hydroxylation is 2. The van der Waals surface area contributed by atoms with Crippen molar-refractivity contribution < 1.29 is 8.83 Å². The molecular weight excluding hydrogens is 208 g/mol. The molecule has 0 saturated heterocycles. The number of rotatable bonds is 5. The van der Waals surface area contributed by atoms with Gasteiger partial charge in [-0.25, -0.2) is 4.98 Å². The molecule has 6 heteroatoms. The zero-order valence-corrected chi connectivity index (χ0v) is 9.36. The summed E-state index contributed by atoms with van der Waals surface area (Å²) < 4.78 is 10.6. The first-order chi connectivity index (χ1) is 7.78. The van der Waals surface area contributed by atoms with E-state index in [0.717, 1.165) is 12.2 Å². The van der Waals surface area contributed by atoms with Crippen molar-refractivity contribution in [2.24, 2.45) is 0 Å². The Hall–Kier alpha value is -1.69. The molecule has 6 nitrogen and oxygen atoms in total. The maximum absolute atomic E-state index is 5.44. The highest BCUT2D eigenvalue weighted by Crippen LogP contribution is 2.04. The Bertz CT molecular complexity index is 449. The molecule has 0 amide bonds. The molecule has 16 heavy (non-hydrogen) atoms. The lowest BCUT2D eigenvalue weighted by atomic mass is 10.4. The summed E-state index contributed by atoms with van der Waals surface area (Å²) in [5, 5.41) is 10.7. The average molecular weight is 222 g/mol. The van der Waals surface area contributed by atoms with Crippen LogP contribution in [0.5, 0.6) is 0 Å². The molecule has 0 fully saturated rings. The molecule has 0 atom stereocenters. The van der Waals surface area contributed by atoms with Crippen molar-refractivity contribution in [3.8, 4) is 0 Å². The third-order valence-corrected chi connectivity index (χ3v) is 2.07. The number of hydrogen-bond acceptors (Lipinski definition) is 6. The minimum Gasteiger partial charge on any atom is -0.444 e. The van der Waals surface area contributed by atoms with Crippen LogP contribution in [0.1, 0.15) is 30.4 Å². The monoisotopic (exact) mass is 222 g/mol. The molecule has 86 valence electrons. The normalized spacial score (nSPS) is 10.9. The lowest BCUT2D eigenvalue weighted by Crippen LogP contribution is -2.13. The van der Waals surface area contributed by atoms with Crippen LogP contribution in [-0.2, 0) is 19.5 Å². The van der Waals surface area contributed by atoms with Crippen molar-refractivity contribution in [1.29, 1.82) is 0 Å². The van der Waals surface area contributed by atoms with Gasteiger partial charge in [0.05, 0.1) is 19.3 Å². The second kappa shape index (κ2) is 4.89. The molecule has 0 spiro atoms. The van der Waals surface area contributed by atoms with E-state index in [2.05, 4.69) is 20.5 Å². The van der Waals surface area contributed by atoms with Crippen molar-refractivity contribution >= 4 is 0 Å². The van der Waals surface area contributed by atoms with Crippen LogP contribution < -0.4 is 5.32 Å². The van der Waals surface area contributed by atoms with Crippen LogP contribution in [0.25, 0.3) is 0 Å². The summed E-state index contributed by atoms with van der Waals surface area (Å²) in [7, 11) is 0. The lowest BCUT2D eigenvalue weighted by Gasteiger charge is -1.96. The van der Waals surface area contributed by atoms with Crippen LogP contribution >= 0.6 is 0 Å². The fraction of sp³-hybridized carbons (Fsp3) is 0.500. The molecule has 2 rings (SSSR count). The summed E-state index contributed by atoms with van der Waals surface area (Å²) in [5.41, 5.74) is 0. The van der Waals surface area contributed by atoms with E-state index in [1.54, 1.807) is 13.1 Å². The molecule has 1 N–H and O–H groups in total. The Morgan fingerprint density at radius 1 is 1.19 bits per heavy atom. The first kappa shape index (κ1) is 10.8. The minimum absolute atomic E-state index is 0.519. The molecule has 0 aromatic carbocycles. The molecule has 0 aliphatic heterocycles. The maximum atomic E-state index is 5.44. The summed E-state index contributed by atoms with van der Waals surface area (Å²) in [5.74, 6) is 2.71. The highest BCUT2D eigenvalue weighted by Gasteiger charge is 2.04. The quantitative estimate of drug-likeness (QED) is 0.819. The summed E-state index contributed by atoms with van der Waals surface area (Å²) in [4.78, 5) is 4.13. The maximum Gasteiger partial charge on any atom is 0.230 e. The average Bonchev–Trinajstić information content (AvgIpc) is 2.88. The summed E-state index contributed by atoms with van der Waals surface area (Å²) in [6.45, 7) is 4.86. The predicted molar refractivity (Wildman–Crippen MR) is 55.5 cm³/mol. The van der Waals surface area contributed by atoms with Crippen LogP contribution in [0, 0.1) is 6.92 Å². The van der Waals surface area contributed by atoms with Gasteiger partial charge in [0, 0.05) is 13.3 Å². The van der Waals surface area contributed by atoms with Gasteiger partial charge in [0.15, 0.2) is 0 Å². The second-order valence-corrected chi connectivity index (χ2v) is 3.39. The van der Waals surface area contributed by atoms with Gasteiger partial charge in [-0.15, -0.1) is 10.2 Å². The molecule has 0 aliphatic rings. The molecule has 0 aliphatic carbocycles. The highest BCUT2D eigenvalue weighted by atomic mass is 16.4. The molecule has 0 saturated carbocycles. The van der Waals surface area contributed by atoms with Gasteiger partial charge >= 0.3 is 0 Å². The van der Waals surface area contributed by atoms with Crippen molar-refractivity contribution in [3.63, 3.8) is 0 Å². The van der Waals surface area contributed by atoms with E-state index >= 15 is 0 Å². The Morgan fingerprint density at radius 3 is 2.62 bits per heavy atom. The molecule has 0 bridgehead atoms. The van der Waals surface area contributed by atoms with Crippen LogP contribution in [0.15, 0.2) is 15.0 Å². The largest absolute Gasteiger partial charge is 0.444 e. The van der Waals surface area contributed by atoms with Gasteiger partial charge in [-0.3, -0.25) is 0 Å².